The van der Waals surface area contributed by atoms with Crippen LogP contribution < -0.4 is 10.9 Å². The van der Waals surface area contributed by atoms with E-state index >= 15 is 0 Å². The zero-order valence-corrected chi connectivity index (χ0v) is 20.3. The number of aromatic amines is 1. The van der Waals surface area contributed by atoms with Crippen LogP contribution in [0.4, 0.5) is 14.9 Å². The highest BCUT2D eigenvalue weighted by Gasteiger charge is 2.27. The maximum Gasteiger partial charge on any atom is 0.410 e. The number of nitrogens with one attached hydrogen (secondary N) is 2. The summed E-state index contributed by atoms with van der Waals surface area (Å²) in [5.74, 6) is -1.03. The molecule has 1 fully saturated rings. The number of piperazine rings is 1. The van der Waals surface area contributed by atoms with E-state index in [0.717, 1.165) is 24.2 Å². The van der Waals surface area contributed by atoms with Crippen molar-refractivity contribution >= 4 is 17.7 Å². The van der Waals surface area contributed by atoms with Crippen molar-refractivity contribution in [2.45, 2.75) is 25.9 Å². The molecule has 0 radical (unpaired) electrons. The average Bonchev–Trinajstić information content (AvgIpc) is 2.94. The number of rotatable bonds is 5. The second-order valence-corrected chi connectivity index (χ2v) is 9.19. The van der Waals surface area contributed by atoms with Crippen molar-refractivity contribution in [2.24, 2.45) is 0 Å². The van der Waals surface area contributed by atoms with Crippen LogP contribution in [0.15, 0.2) is 53.3 Å². The summed E-state index contributed by atoms with van der Waals surface area (Å²) in [6.07, 6.45) is 1.45. The molecule has 2 amide bonds. The molecule has 0 atom stereocenters. The van der Waals surface area contributed by atoms with Crippen LogP contribution in [0.3, 0.4) is 0 Å². The molecular formula is C27H28FN5O4. The van der Waals surface area contributed by atoms with Crippen LogP contribution in [0.5, 0.6) is 0 Å². The summed E-state index contributed by atoms with van der Waals surface area (Å²) < 4.78 is 20.1. The van der Waals surface area contributed by atoms with Crippen molar-refractivity contribution in [3.8, 4) is 0 Å². The molecule has 5 rings (SSSR count). The van der Waals surface area contributed by atoms with Crippen LogP contribution in [0.25, 0.3) is 0 Å². The van der Waals surface area contributed by atoms with Gasteiger partial charge in [0.05, 0.1) is 16.9 Å². The molecule has 3 heterocycles. The number of aromatic nitrogens is 2. The van der Waals surface area contributed by atoms with Gasteiger partial charge in [-0.25, -0.2) is 14.3 Å². The normalized spacial score (nSPS) is 15.1. The molecule has 0 aliphatic carbocycles. The third kappa shape index (κ3) is 5.47. The topological polar surface area (TPSA) is 108 Å². The summed E-state index contributed by atoms with van der Waals surface area (Å²) in [6, 6.07) is 13.9. The monoisotopic (exact) mass is 505 g/mol. The fraction of sp³-hybridized carbons (Fsp3) is 0.333. The molecule has 9 nitrogen and oxygen atoms in total. The van der Waals surface area contributed by atoms with Crippen LogP contribution >= 0.6 is 0 Å². The first-order valence-corrected chi connectivity index (χ1v) is 12.4. The number of benzene rings is 2. The number of carbonyl (C=O) groups excluding carboxylic acids is 2. The zero-order chi connectivity index (χ0) is 25.8. The Kier molecular flexibility index (Phi) is 7.16. The Bertz CT molecular complexity index is 1350. The lowest BCUT2D eigenvalue weighted by atomic mass is 9.99. The van der Waals surface area contributed by atoms with Gasteiger partial charge < -0.3 is 19.9 Å². The fourth-order valence-corrected chi connectivity index (χ4v) is 4.70. The minimum atomic E-state index is -0.604. The summed E-state index contributed by atoms with van der Waals surface area (Å²) in [5, 5.41) is 9.99. The lowest BCUT2D eigenvalue weighted by molar-refractivity contribution is 0.0540. The summed E-state index contributed by atoms with van der Waals surface area (Å²) in [6.45, 7) is 2.10. The van der Waals surface area contributed by atoms with E-state index in [0.29, 0.717) is 42.8 Å². The fourth-order valence-electron chi connectivity index (χ4n) is 4.70. The second-order valence-electron chi connectivity index (χ2n) is 9.19. The Hall–Kier alpha value is -4.21. The molecule has 2 aliphatic rings. The smallest absolute Gasteiger partial charge is 0.410 e. The highest BCUT2D eigenvalue weighted by molar-refractivity contribution is 5.95. The standard InChI is InChI=1S/C27H28FN5O4/c28-22-9-8-19(16-23-24-20(7-4-10-29-24)25(34)31-30-23)15-21(22)26(35)32-11-13-33(14-12-32)27(36)37-17-18-5-2-1-3-6-18/h1-3,5-6,8-9,15,29H,4,7,10-14,16-17H2,(H,31,34). The van der Waals surface area contributed by atoms with E-state index in [1.54, 1.807) is 21.9 Å². The highest BCUT2D eigenvalue weighted by Crippen LogP contribution is 2.24. The van der Waals surface area contributed by atoms with Gasteiger partial charge in [-0.1, -0.05) is 36.4 Å². The van der Waals surface area contributed by atoms with Gasteiger partial charge in [0.2, 0.25) is 0 Å². The molecule has 192 valence electrons. The van der Waals surface area contributed by atoms with Crippen molar-refractivity contribution in [3.63, 3.8) is 0 Å². The zero-order valence-electron chi connectivity index (χ0n) is 20.3. The number of nitrogens with zero attached hydrogens (tertiary/aromatic N) is 3. The van der Waals surface area contributed by atoms with E-state index in [4.69, 9.17) is 4.74 Å². The predicted octanol–water partition coefficient (Wildman–Crippen LogP) is 2.95. The first-order valence-electron chi connectivity index (χ1n) is 12.4. The van der Waals surface area contributed by atoms with Crippen molar-refractivity contribution in [3.05, 3.63) is 92.6 Å². The Labute approximate surface area is 213 Å². The highest BCUT2D eigenvalue weighted by atomic mass is 19.1. The Morgan fingerprint density at radius 1 is 1.00 bits per heavy atom. The minimum Gasteiger partial charge on any atom is -0.445 e. The van der Waals surface area contributed by atoms with Crippen LogP contribution in [0.2, 0.25) is 0 Å². The average molecular weight is 506 g/mol. The van der Waals surface area contributed by atoms with Gasteiger partial charge in [0.1, 0.15) is 12.4 Å². The number of halogens is 1. The maximum absolute atomic E-state index is 14.7. The number of ether oxygens (including phenoxy) is 1. The molecular weight excluding hydrogens is 477 g/mol. The van der Waals surface area contributed by atoms with Crippen molar-refractivity contribution in [2.75, 3.05) is 38.0 Å². The maximum atomic E-state index is 14.7. The van der Waals surface area contributed by atoms with Gasteiger partial charge >= 0.3 is 6.09 Å². The van der Waals surface area contributed by atoms with Gasteiger partial charge in [0, 0.05) is 44.7 Å². The second kappa shape index (κ2) is 10.8. The number of carbonyl (C=O) groups is 2. The number of anilines is 1. The Morgan fingerprint density at radius 3 is 2.54 bits per heavy atom. The van der Waals surface area contributed by atoms with E-state index in [2.05, 4.69) is 15.5 Å². The van der Waals surface area contributed by atoms with Gasteiger partial charge in [0.25, 0.3) is 11.5 Å². The lowest BCUT2D eigenvalue weighted by Gasteiger charge is -2.34. The van der Waals surface area contributed by atoms with Gasteiger partial charge in [-0.3, -0.25) is 9.59 Å². The van der Waals surface area contributed by atoms with Gasteiger partial charge in [-0.15, -0.1) is 0 Å². The molecule has 2 N–H and O–H groups in total. The van der Waals surface area contributed by atoms with Gasteiger partial charge in [-0.2, -0.15) is 5.10 Å². The summed E-state index contributed by atoms with van der Waals surface area (Å²) in [4.78, 5) is 40.8. The van der Waals surface area contributed by atoms with E-state index in [-0.39, 0.29) is 30.8 Å². The van der Waals surface area contributed by atoms with E-state index in [1.807, 2.05) is 30.3 Å². The van der Waals surface area contributed by atoms with Crippen molar-refractivity contribution in [1.29, 1.82) is 0 Å². The number of hydrogen-bond donors (Lipinski definition) is 2. The van der Waals surface area contributed by atoms with E-state index < -0.39 is 17.8 Å². The minimum absolute atomic E-state index is 0.0242. The molecule has 0 saturated carbocycles. The van der Waals surface area contributed by atoms with Crippen molar-refractivity contribution in [1.82, 2.24) is 20.0 Å². The first-order chi connectivity index (χ1) is 18.0. The third-order valence-electron chi connectivity index (χ3n) is 6.73. The Balaban J connectivity index is 1.22. The number of hydrogen-bond acceptors (Lipinski definition) is 6. The number of amides is 2. The molecule has 10 heteroatoms. The molecule has 2 aliphatic heterocycles. The number of fused-ring (bicyclic) bond motifs is 1. The third-order valence-corrected chi connectivity index (χ3v) is 6.73. The molecule has 0 bridgehead atoms. The van der Waals surface area contributed by atoms with Crippen LogP contribution in [0, 0.1) is 5.82 Å². The molecule has 1 aromatic heterocycles. The quantitative estimate of drug-likeness (QED) is 0.552. The lowest BCUT2D eigenvalue weighted by Crippen LogP contribution is -2.50. The van der Waals surface area contributed by atoms with Crippen molar-refractivity contribution < 1.29 is 18.7 Å². The summed E-state index contributed by atoms with van der Waals surface area (Å²) in [7, 11) is 0. The molecule has 1 saturated heterocycles. The van der Waals surface area contributed by atoms with Crippen LogP contribution in [-0.4, -0.2) is 64.7 Å². The molecule has 37 heavy (non-hydrogen) atoms. The largest absolute Gasteiger partial charge is 0.445 e. The molecule has 0 unspecified atom stereocenters. The first kappa shape index (κ1) is 24.5. The molecule has 0 spiro atoms. The molecule has 3 aromatic rings. The van der Waals surface area contributed by atoms with E-state index in [1.165, 1.54) is 6.07 Å². The van der Waals surface area contributed by atoms with Gasteiger partial charge in [-0.05, 0) is 36.1 Å². The predicted molar refractivity (Wildman–Crippen MR) is 135 cm³/mol. The number of H-pyrrole nitrogens is 1. The summed E-state index contributed by atoms with van der Waals surface area (Å²) >= 11 is 0. The van der Waals surface area contributed by atoms with Crippen LogP contribution in [0.1, 0.15) is 39.2 Å². The van der Waals surface area contributed by atoms with Gasteiger partial charge in [0.15, 0.2) is 0 Å². The SMILES string of the molecule is O=C(OCc1ccccc1)N1CCN(C(=O)c2cc(Cc3n[nH]c(=O)c4c3NCCC4)ccc2F)CC1. The van der Waals surface area contributed by atoms with Crippen LogP contribution in [-0.2, 0) is 24.2 Å². The van der Waals surface area contributed by atoms with E-state index in [9.17, 15) is 18.8 Å². The Morgan fingerprint density at radius 2 is 1.76 bits per heavy atom. The summed E-state index contributed by atoms with van der Waals surface area (Å²) in [5.41, 5.74) is 3.43. The molecule has 2 aromatic carbocycles.